The Labute approximate surface area is 232 Å². The van der Waals surface area contributed by atoms with E-state index in [0.29, 0.717) is 12.0 Å². The number of benzene rings is 1. The zero-order valence-corrected chi connectivity index (χ0v) is 22.9. The lowest BCUT2D eigenvalue weighted by atomic mass is 9.68. The highest BCUT2D eigenvalue weighted by atomic mass is 19.4. The fourth-order valence-corrected chi connectivity index (χ4v) is 6.65. The molecule has 2 saturated carbocycles. The predicted molar refractivity (Wildman–Crippen MR) is 139 cm³/mol. The summed E-state index contributed by atoms with van der Waals surface area (Å²) in [5.74, 6) is -1.91. The van der Waals surface area contributed by atoms with Gasteiger partial charge in [-0.05, 0) is 98.1 Å². The number of ether oxygens (including phenoxy) is 2. The van der Waals surface area contributed by atoms with Crippen LogP contribution in [-0.4, -0.2) is 18.4 Å². The van der Waals surface area contributed by atoms with Crippen LogP contribution in [0, 0.1) is 17.8 Å². The van der Waals surface area contributed by atoms with E-state index < -0.39 is 35.8 Å². The molecule has 0 bridgehead atoms. The Kier molecular flexibility index (Phi) is 9.95. The van der Waals surface area contributed by atoms with Crippen molar-refractivity contribution in [1.29, 1.82) is 0 Å². The Hall–Kier alpha value is -2.03. The normalized spacial score (nSPS) is 31.6. The minimum atomic E-state index is -5.45. The molecule has 0 aliphatic heterocycles. The van der Waals surface area contributed by atoms with Crippen molar-refractivity contribution in [2.24, 2.45) is 17.8 Å². The molecule has 0 aromatic heterocycles. The van der Waals surface area contributed by atoms with E-state index in [1.54, 1.807) is 12.1 Å². The van der Waals surface area contributed by atoms with E-state index in [1.807, 2.05) is 0 Å². The van der Waals surface area contributed by atoms with Gasteiger partial charge in [0.2, 0.25) is 0 Å². The van der Waals surface area contributed by atoms with Crippen LogP contribution in [0.15, 0.2) is 48.3 Å². The van der Waals surface area contributed by atoms with Crippen molar-refractivity contribution in [2.45, 2.75) is 114 Å². The highest BCUT2D eigenvalue weighted by Gasteiger charge is 2.50. The van der Waals surface area contributed by atoms with Crippen LogP contribution in [0.5, 0.6) is 0 Å². The SMILES string of the molecule is CCCCCC1CCC(C2CCC(c3ccc(C(F)(F)OC4=CC(F)C(F)(OC(F)(F)F)C=C4)cc3)CC2)CC1. The third kappa shape index (κ3) is 8.04. The maximum absolute atomic E-state index is 14.8. The first kappa shape index (κ1) is 30.9. The van der Waals surface area contributed by atoms with Crippen LogP contribution in [0.1, 0.15) is 101 Å². The molecule has 9 heteroatoms. The number of halogens is 7. The van der Waals surface area contributed by atoms with Gasteiger partial charge in [-0.15, -0.1) is 13.2 Å². The fourth-order valence-electron chi connectivity index (χ4n) is 6.65. The van der Waals surface area contributed by atoms with Crippen LogP contribution >= 0.6 is 0 Å². The molecular formula is C31H39F7O2. The second-order valence-corrected chi connectivity index (χ2v) is 11.7. The minimum absolute atomic E-state index is 0.0786. The van der Waals surface area contributed by atoms with Crippen molar-refractivity contribution >= 4 is 0 Å². The van der Waals surface area contributed by atoms with Gasteiger partial charge >= 0.3 is 12.5 Å². The largest absolute Gasteiger partial charge is 0.525 e. The Morgan fingerprint density at radius 2 is 1.45 bits per heavy atom. The van der Waals surface area contributed by atoms with Crippen molar-refractivity contribution in [1.82, 2.24) is 0 Å². The van der Waals surface area contributed by atoms with Gasteiger partial charge in [-0.3, -0.25) is 0 Å². The summed E-state index contributed by atoms with van der Waals surface area (Å²) in [5.41, 5.74) is 0.485. The lowest BCUT2D eigenvalue weighted by Crippen LogP contribution is -2.41. The summed E-state index contributed by atoms with van der Waals surface area (Å²) < 4.78 is 102. The molecule has 2 unspecified atom stereocenters. The van der Waals surface area contributed by atoms with E-state index in [0.717, 1.165) is 49.0 Å². The monoisotopic (exact) mass is 576 g/mol. The number of hydrogen-bond donors (Lipinski definition) is 0. The molecule has 0 saturated heterocycles. The molecule has 2 atom stereocenters. The summed E-state index contributed by atoms with van der Waals surface area (Å²) in [4.78, 5) is 0. The molecule has 0 heterocycles. The second kappa shape index (κ2) is 12.9. The highest BCUT2D eigenvalue weighted by Crippen LogP contribution is 2.45. The number of unbranched alkanes of at least 4 members (excludes halogenated alkanes) is 2. The van der Waals surface area contributed by atoms with Crippen LogP contribution in [0.4, 0.5) is 30.7 Å². The van der Waals surface area contributed by atoms with Gasteiger partial charge in [-0.25, -0.2) is 13.5 Å². The predicted octanol–water partition coefficient (Wildman–Crippen LogP) is 10.4. The van der Waals surface area contributed by atoms with E-state index in [9.17, 15) is 30.7 Å². The first-order chi connectivity index (χ1) is 18.9. The molecule has 40 heavy (non-hydrogen) atoms. The van der Waals surface area contributed by atoms with Crippen LogP contribution in [0.25, 0.3) is 0 Å². The maximum Gasteiger partial charge on any atom is 0.525 e. The molecule has 1 aromatic rings. The Morgan fingerprint density at radius 1 is 0.850 bits per heavy atom. The van der Waals surface area contributed by atoms with Crippen LogP contribution in [0.3, 0.4) is 0 Å². The molecule has 0 spiro atoms. The summed E-state index contributed by atoms with van der Waals surface area (Å²) in [6.45, 7) is 2.24. The Morgan fingerprint density at radius 3 is 2.00 bits per heavy atom. The molecular weight excluding hydrogens is 537 g/mol. The van der Waals surface area contributed by atoms with Gasteiger partial charge in [0.1, 0.15) is 5.76 Å². The molecule has 4 rings (SSSR count). The van der Waals surface area contributed by atoms with E-state index >= 15 is 0 Å². The third-order valence-electron chi connectivity index (χ3n) is 8.94. The zero-order valence-electron chi connectivity index (χ0n) is 22.9. The number of alkyl halides is 7. The lowest BCUT2D eigenvalue weighted by Gasteiger charge is -2.38. The van der Waals surface area contributed by atoms with E-state index in [-0.39, 0.29) is 12.2 Å². The summed E-state index contributed by atoms with van der Waals surface area (Å²) in [6, 6.07) is 5.78. The molecule has 1 aromatic carbocycles. The first-order valence-corrected chi connectivity index (χ1v) is 14.6. The molecule has 3 aliphatic rings. The van der Waals surface area contributed by atoms with Gasteiger partial charge in [0.25, 0.3) is 5.85 Å². The standard InChI is InChI=1S/C31H39F7O2/c1-2-3-4-5-21-6-8-22(9-7-21)23-10-12-24(13-11-23)25-14-16-26(17-15-25)30(34,35)39-27-18-19-29(33,28(32)20-27)40-31(36,37)38/h14-24,28H,2-13H2,1H3. The van der Waals surface area contributed by atoms with E-state index in [2.05, 4.69) is 16.4 Å². The minimum Gasteiger partial charge on any atom is -0.429 e. The number of allylic oxidation sites excluding steroid dienone is 1. The lowest BCUT2D eigenvalue weighted by molar-refractivity contribution is -0.388. The smallest absolute Gasteiger partial charge is 0.429 e. The molecule has 0 N–H and O–H groups in total. The molecule has 2 nitrogen and oxygen atoms in total. The summed E-state index contributed by atoms with van der Waals surface area (Å²) in [5, 5.41) is 0. The van der Waals surface area contributed by atoms with Crippen LogP contribution < -0.4 is 0 Å². The average Bonchev–Trinajstić information content (AvgIpc) is 2.91. The topological polar surface area (TPSA) is 18.5 Å². The quantitative estimate of drug-likeness (QED) is 0.204. The maximum atomic E-state index is 14.8. The van der Waals surface area contributed by atoms with Gasteiger partial charge in [0.15, 0.2) is 6.17 Å². The summed E-state index contributed by atoms with van der Waals surface area (Å²) in [7, 11) is 0. The number of rotatable bonds is 10. The van der Waals surface area contributed by atoms with Crippen molar-refractivity contribution in [3.8, 4) is 0 Å². The molecule has 224 valence electrons. The van der Waals surface area contributed by atoms with Gasteiger partial charge in [-0.2, -0.15) is 8.78 Å². The highest BCUT2D eigenvalue weighted by molar-refractivity contribution is 5.30. The van der Waals surface area contributed by atoms with Gasteiger partial charge < -0.3 is 4.74 Å². The summed E-state index contributed by atoms with van der Waals surface area (Å²) >= 11 is 0. The Balaban J connectivity index is 1.26. The van der Waals surface area contributed by atoms with Crippen molar-refractivity contribution in [3.05, 3.63) is 59.4 Å². The van der Waals surface area contributed by atoms with Crippen LogP contribution in [-0.2, 0) is 15.6 Å². The second-order valence-electron chi connectivity index (χ2n) is 11.7. The Bertz CT molecular complexity index is 1000. The zero-order chi connectivity index (χ0) is 29.0. The molecule has 0 amide bonds. The van der Waals surface area contributed by atoms with Crippen molar-refractivity contribution in [3.63, 3.8) is 0 Å². The first-order valence-electron chi connectivity index (χ1n) is 14.6. The fraction of sp³-hybridized carbons (Fsp3) is 0.677. The van der Waals surface area contributed by atoms with Crippen LogP contribution in [0.2, 0.25) is 0 Å². The van der Waals surface area contributed by atoms with E-state index in [4.69, 9.17) is 0 Å². The van der Waals surface area contributed by atoms with Crippen molar-refractivity contribution < 1.29 is 40.2 Å². The van der Waals surface area contributed by atoms with Gasteiger partial charge in [0.05, 0.1) is 5.56 Å². The average molecular weight is 577 g/mol. The third-order valence-corrected chi connectivity index (χ3v) is 8.94. The van der Waals surface area contributed by atoms with Crippen molar-refractivity contribution in [2.75, 3.05) is 0 Å². The van der Waals surface area contributed by atoms with Gasteiger partial charge in [-0.1, -0.05) is 57.6 Å². The van der Waals surface area contributed by atoms with Gasteiger partial charge in [0, 0.05) is 0 Å². The molecule has 0 radical (unpaired) electrons. The molecule has 2 fully saturated rings. The molecule has 3 aliphatic carbocycles. The number of hydrogen-bond acceptors (Lipinski definition) is 2. The summed E-state index contributed by atoms with van der Waals surface area (Å²) in [6.07, 6.45) is 3.45. The van der Waals surface area contributed by atoms with E-state index in [1.165, 1.54) is 63.5 Å².